The minimum atomic E-state index is -0.424. The van der Waals surface area contributed by atoms with E-state index in [1.807, 2.05) is 18.2 Å². The lowest BCUT2D eigenvalue weighted by Crippen LogP contribution is -2.22. The van der Waals surface area contributed by atoms with Gasteiger partial charge in [0.1, 0.15) is 5.82 Å². The number of nitrogens with one attached hydrogen (secondary N) is 2. The fourth-order valence-corrected chi connectivity index (χ4v) is 3.45. The first-order chi connectivity index (χ1) is 14.9. The van der Waals surface area contributed by atoms with E-state index >= 15 is 0 Å². The number of anilines is 1. The van der Waals surface area contributed by atoms with Gasteiger partial charge >= 0.3 is 0 Å². The lowest BCUT2D eigenvalue weighted by atomic mass is 10.2. The zero-order valence-corrected chi connectivity index (χ0v) is 18.1. The van der Waals surface area contributed by atoms with E-state index in [1.54, 1.807) is 29.8 Å². The summed E-state index contributed by atoms with van der Waals surface area (Å²) in [7, 11) is 1.74. The molecule has 10 heteroatoms. The lowest BCUT2D eigenvalue weighted by molar-refractivity contribution is -0.116. The average molecular weight is 460 g/mol. The molecule has 2 aromatic carbocycles. The molecule has 160 valence electrons. The summed E-state index contributed by atoms with van der Waals surface area (Å²) in [5.41, 5.74) is 1.13. The Hall–Kier alpha value is -3.17. The second kappa shape index (κ2) is 10.7. The van der Waals surface area contributed by atoms with Crippen LogP contribution in [0.3, 0.4) is 0 Å². The Labute approximate surface area is 187 Å². The van der Waals surface area contributed by atoms with Gasteiger partial charge in [-0.2, -0.15) is 0 Å². The summed E-state index contributed by atoms with van der Waals surface area (Å²) in [5, 5.41) is 14.5. The van der Waals surface area contributed by atoms with Gasteiger partial charge in [-0.05, 0) is 35.9 Å². The highest BCUT2D eigenvalue weighted by Crippen LogP contribution is 2.17. The first kappa shape index (κ1) is 22.5. The largest absolute Gasteiger partial charge is 0.345 e. The molecule has 0 bridgehead atoms. The molecule has 1 heterocycles. The number of benzene rings is 2. The molecule has 0 atom stereocenters. The maximum absolute atomic E-state index is 13.2. The molecule has 3 rings (SSSR count). The lowest BCUT2D eigenvalue weighted by Gasteiger charge is -2.06. The molecule has 1 aromatic heterocycles. The molecule has 0 saturated heterocycles. The number of carbonyl (C=O) groups excluding carboxylic acids is 2. The van der Waals surface area contributed by atoms with Crippen LogP contribution in [0.15, 0.2) is 59.8 Å². The van der Waals surface area contributed by atoms with E-state index < -0.39 is 5.82 Å². The summed E-state index contributed by atoms with van der Waals surface area (Å²) < 4.78 is 14.9. The fourth-order valence-electron chi connectivity index (χ4n) is 2.52. The first-order valence-electron chi connectivity index (χ1n) is 9.19. The molecular weight excluding hydrogens is 441 g/mol. The van der Waals surface area contributed by atoms with Crippen molar-refractivity contribution in [3.8, 4) is 0 Å². The summed E-state index contributed by atoms with van der Waals surface area (Å²) in [6.45, 7) is 0.172. The monoisotopic (exact) mass is 459 g/mol. The first-order valence-corrected chi connectivity index (χ1v) is 10.6. The third kappa shape index (κ3) is 6.66. The molecule has 3 aromatic rings. The molecule has 0 aliphatic heterocycles. The van der Waals surface area contributed by atoms with Crippen molar-refractivity contribution in [3.05, 3.63) is 76.8 Å². The molecule has 31 heavy (non-hydrogen) atoms. The number of carbonyl (C=O) groups is 2. The van der Waals surface area contributed by atoms with Crippen molar-refractivity contribution in [2.24, 2.45) is 7.05 Å². The van der Waals surface area contributed by atoms with Crippen LogP contribution < -0.4 is 10.6 Å². The Morgan fingerprint density at radius 2 is 2.00 bits per heavy atom. The van der Waals surface area contributed by atoms with E-state index in [0.717, 1.165) is 5.56 Å². The summed E-state index contributed by atoms with van der Waals surface area (Å²) >= 11 is 7.24. The van der Waals surface area contributed by atoms with Crippen molar-refractivity contribution in [2.75, 3.05) is 11.1 Å². The second-order valence-corrected chi connectivity index (χ2v) is 7.73. The van der Waals surface area contributed by atoms with Gasteiger partial charge < -0.3 is 15.2 Å². The maximum atomic E-state index is 13.2. The minimum absolute atomic E-state index is 0.0788. The highest BCUT2D eigenvalue weighted by atomic mass is 35.5. The third-order valence-corrected chi connectivity index (χ3v) is 5.47. The van der Waals surface area contributed by atoms with Crippen molar-refractivity contribution < 1.29 is 14.0 Å². The zero-order chi connectivity index (χ0) is 22.2. The van der Waals surface area contributed by atoms with E-state index in [1.165, 1.54) is 36.0 Å². The van der Waals surface area contributed by atoms with Crippen LogP contribution >= 0.6 is 23.4 Å². The summed E-state index contributed by atoms with van der Waals surface area (Å²) in [4.78, 5) is 24.1. The maximum Gasteiger partial charge on any atom is 0.244 e. The quantitative estimate of drug-likeness (QED) is 0.396. The Morgan fingerprint density at radius 1 is 1.19 bits per heavy atom. The predicted octanol–water partition coefficient (Wildman–Crippen LogP) is 3.67. The Balaban J connectivity index is 1.49. The standard InChI is InChI=1S/C21H19ClFN5O2S/c1-28-18(12-24-19(29)10-9-14-5-2-3-8-17(14)22)26-27-21(28)31-13-20(30)25-16-7-4-6-15(23)11-16/h2-11H,12-13H2,1H3,(H,24,29)(H,25,30)/b10-9+. The molecule has 7 nitrogen and oxygen atoms in total. The molecule has 0 aliphatic rings. The van der Waals surface area contributed by atoms with E-state index in [9.17, 15) is 14.0 Å². The van der Waals surface area contributed by atoms with Gasteiger partial charge in [0.25, 0.3) is 0 Å². The number of hydrogen-bond acceptors (Lipinski definition) is 5. The molecule has 2 N–H and O–H groups in total. The normalized spacial score (nSPS) is 10.9. The van der Waals surface area contributed by atoms with Gasteiger partial charge in [0.2, 0.25) is 11.8 Å². The fraction of sp³-hybridized carbons (Fsp3) is 0.143. The van der Waals surface area contributed by atoms with Crippen LogP contribution in [0.1, 0.15) is 11.4 Å². The third-order valence-electron chi connectivity index (χ3n) is 4.11. The molecule has 0 spiro atoms. The van der Waals surface area contributed by atoms with Crippen LogP contribution in [0.2, 0.25) is 5.02 Å². The van der Waals surface area contributed by atoms with Gasteiger partial charge in [0, 0.05) is 23.8 Å². The number of hydrogen-bond donors (Lipinski definition) is 2. The number of thioether (sulfide) groups is 1. The number of aromatic nitrogens is 3. The van der Waals surface area contributed by atoms with E-state index in [4.69, 9.17) is 11.6 Å². The summed E-state index contributed by atoms with van der Waals surface area (Å²) in [6.07, 6.45) is 3.02. The SMILES string of the molecule is Cn1c(CNC(=O)/C=C/c2ccccc2Cl)nnc1SCC(=O)Nc1cccc(F)c1. The Bertz CT molecular complexity index is 1120. The van der Waals surface area contributed by atoms with Gasteiger partial charge in [0.15, 0.2) is 11.0 Å². The number of amides is 2. The van der Waals surface area contributed by atoms with Gasteiger partial charge in [-0.3, -0.25) is 9.59 Å². The number of rotatable bonds is 8. The van der Waals surface area contributed by atoms with E-state index in [-0.39, 0.29) is 24.1 Å². The average Bonchev–Trinajstić information content (AvgIpc) is 3.09. The molecule has 0 saturated carbocycles. The molecule has 0 fully saturated rings. The van der Waals surface area contributed by atoms with Gasteiger partial charge in [-0.1, -0.05) is 47.6 Å². The zero-order valence-electron chi connectivity index (χ0n) is 16.5. The smallest absolute Gasteiger partial charge is 0.244 e. The van der Waals surface area contributed by atoms with Crippen LogP contribution in [0, 0.1) is 5.82 Å². The highest BCUT2D eigenvalue weighted by molar-refractivity contribution is 7.99. The van der Waals surface area contributed by atoms with Crippen molar-refractivity contribution in [3.63, 3.8) is 0 Å². The van der Waals surface area contributed by atoms with Crippen molar-refractivity contribution in [2.45, 2.75) is 11.7 Å². The summed E-state index contributed by atoms with van der Waals surface area (Å²) in [6, 6.07) is 12.9. The van der Waals surface area contributed by atoms with Crippen LogP contribution in [0.5, 0.6) is 0 Å². The van der Waals surface area contributed by atoms with Gasteiger partial charge in [-0.25, -0.2) is 4.39 Å². The molecule has 0 aliphatic carbocycles. The van der Waals surface area contributed by atoms with E-state index in [2.05, 4.69) is 20.8 Å². The summed E-state index contributed by atoms with van der Waals surface area (Å²) in [5.74, 6) is -0.403. The second-order valence-electron chi connectivity index (χ2n) is 6.38. The van der Waals surface area contributed by atoms with Crippen LogP contribution in [0.25, 0.3) is 6.08 Å². The highest BCUT2D eigenvalue weighted by Gasteiger charge is 2.12. The van der Waals surface area contributed by atoms with Gasteiger partial charge in [0.05, 0.1) is 12.3 Å². The van der Waals surface area contributed by atoms with Crippen LogP contribution in [-0.4, -0.2) is 32.3 Å². The predicted molar refractivity (Wildman–Crippen MR) is 119 cm³/mol. The van der Waals surface area contributed by atoms with Crippen molar-refractivity contribution in [1.29, 1.82) is 0 Å². The van der Waals surface area contributed by atoms with Crippen LogP contribution in [-0.2, 0) is 23.2 Å². The number of halogens is 2. The van der Waals surface area contributed by atoms with Crippen molar-refractivity contribution >= 4 is 46.9 Å². The molecule has 2 amide bonds. The van der Waals surface area contributed by atoms with Crippen LogP contribution in [0.4, 0.5) is 10.1 Å². The van der Waals surface area contributed by atoms with Gasteiger partial charge in [-0.15, -0.1) is 10.2 Å². The number of nitrogens with zero attached hydrogens (tertiary/aromatic N) is 3. The minimum Gasteiger partial charge on any atom is -0.345 e. The topological polar surface area (TPSA) is 88.9 Å². The molecule has 0 unspecified atom stereocenters. The van der Waals surface area contributed by atoms with Crippen molar-refractivity contribution in [1.82, 2.24) is 20.1 Å². The molecular formula is C21H19ClFN5O2S. The Kier molecular flexibility index (Phi) is 7.80. The van der Waals surface area contributed by atoms with E-state index in [0.29, 0.717) is 21.7 Å². The Morgan fingerprint density at radius 3 is 2.77 bits per heavy atom. The molecule has 0 radical (unpaired) electrons.